The Labute approximate surface area is 157 Å². The van der Waals surface area contributed by atoms with Gasteiger partial charge in [-0.3, -0.25) is 19.7 Å². The van der Waals surface area contributed by atoms with E-state index in [4.69, 9.17) is 4.74 Å². The lowest BCUT2D eigenvalue weighted by atomic mass is 10.0. The van der Waals surface area contributed by atoms with Crippen LogP contribution in [0.15, 0.2) is 24.3 Å². The number of rotatable bonds is 3. The van der Waals surface area contributed by atoms with E-state index >= 15 is 0 Å². The molecule has 7 nitrogen and oxygen atoms in total. The largest absolute Gasteiger partial charge is 0.457 e. The SMILES string of the molecule is CC(C)(C)OC(=O)/C=C/c1cccc2c1CN(C1CCC(=O)NC1=O)C2=O. The van der Waals surface area contributed by atoms with Gasteiger partial charge in [-0.2, -0.15) is 0 Å². The quantitative estimate of drug-likeness (QED) is 0.498. The Bertz CT molecular complexity index is 850. The Kier molecular flexibility index (Phi) is 4.87. The highest BCUT2D eigenvalue weighted by molar-refractivity contribution is 6.06. The van der Waals surface area contributed by atoms with Gasteiger partial charge in [-0.15, -0.1) is 0 Å². The number of piperidine rings is 1. The Morgan fingerprint density at radius 3 is 2.67 bits per heavy atom. The number of carbonyl (C=O) groups is 4. The summed E-state index contributed by atoms with van der Waals surface area (Å²) >= 11 is 0. The first-order valence-corrected chi connectivity index (χ1v) is 8.83. The van der Waals surface area contributed by atoms with E-state index < -0.39 is 23.5 Å². The summed E-state index contributed by atoms with van der Waals surface area (Å²) in [6.07, 6.45) is 3.48. The highest BCUT2D eigenvalue weighted by Gasteiger charge is 2.39. The normalized spacial score (nSPS) is 20.0. The molecule has 0 aromatic heterocycles. The van der Waals surface area contributed by atoms with Crippen LogP contribution in [0, 0.1) is 0 Å². The number of nitrogens with one attached hydrogen (secondary N) is 1. The molecule has 1 aromatic carbocycles. The summed E-state index contributed by atoms with van der Waals surface area (Å²) in [5.74, 6) is -1.47. The first kappa shape index (κ1) is 18.8. The highest BCUT2D eigenvalue weighted by Crippen LogP contribution is 2.30. The number of benzene rings is 1. The molecule has 1 N–H and O–H groups in total. The van der Waals surface area contributed by atoms with Crippen LogP contribution in [0.3, 0.4) is 0 Å². The monoisotopic (exact) mass is 370 g/mol. The second kappa shape index (κ2) is 6.98. The van der Waals surface area contributed by atoms with Gasteiger partial charge in [0.1, 0.15) is 11.6 Å². The van der Waals surface area contributed by atoms with E-state index in [1.165, 1.54) is 11.0 Å². The van der Waals surface area contributed by atoms with E-state index in [-0.39, 0.29) is 24.8 Å². The summed E-state index contributed by atoms with van der Waals surface area (Å²) in [7, 11) is 0. The highest BCUT2D eigenvalue weighted by atomic mass is 16.6. The van der Waals surface area contributed by atoms with E-state index in [2.05, 4.69) is 5.32 Å². The molecule has 0 radical (unpaired) electrons. The molecule has 1 saturated heterocycles. The number of carbonyl (C=O) groups excluding carboxylic acids is 4. The first-order chi connectivity index (χ1) is 12.7. The Morgan fingerprint density at radius 1 is 1.26 bits per heavy atom. The van der Waals surface area contributed by atoms with Crippen molar-refractivity contribution in [3.8, 4) is 0 Å². The Hall–Kier alpha value is -2.96. The fraction of sp³-hybridized carbons (Fsp3) is 0.400. The van der Waals surface area contributed by atoms with Crippen molar-refractivity contribution in [1.82, 2.24) is 10.2 Å². The molecule has 2 aliphatic rings. The molecule has 1 unspecified atom stereocenters. The Morgan fingerprint density at radius 2 is 2.00 bits per heavy atom. The van der Waals surface area contributed by atoms with Crippen molar-refractivity contribution in [2.45, 2.75) is 51.8 Å². The van der Waals surface area contributed by atoms with E-state index in [9.17, 15) is 19.2 Å². The van der Waals surface area contributed by atoms with Crippen molar-refractivity contribution < 1.29 is 23.9 Å². The molecule has 2 aliphatic heterocycles. The number of hydrogen-bond donors (Lipinski definition) is 1. The summed E-state index contributed by atoms with van der Waals surface area (Å²) < 4.78 is 5.25. The molecule has 0 aliphatic carbocycles. The van der Waals surface area contributed by atoms with Crippen LogP contribution in [-0.4, -0.2) is 40.2 Å². The average molecular weight is 370 g/mol. The fourth-order valence-electron chi connectivity index (χ4n) is 3.26. The lowest BCUT2D eigenvalue weighted by Crippen LogP contribution is -2.52. The lowest BCUT2D eigenvalue weighted by Gasteiger charge is -2.29. The topological polar surface area (TPSA) is 92.8 Å². The zero-order valence-corrected chi connectivity index (χ0v) is 15.6. The number of hydrogen-bond acceptors (Lipinski definition) is 5. The number of fused-ring (bicyclic) bond motifs is 1. The van der Waals surface area contributed by atoms with Crippen LogP contribution >= 0.6 is 0 Å². The molecule has 142 valence electrons. The summed E-state index contributed by atoms with van der Waals surface area (Å²) in [6.45, 7) is 5.62. The van der Waals surface area contributed by atoms with Crippen LogP contribution in [0.1, 0.15) is 55.1 Å². The molecular formula is C20H22N2O5. The minimum Gasteiger partial charge on any atom is -0.457 e. The molecular weight excluding hydrogens is 348 g/mol. The van der Waals surface area contributed by atoms with E-state index in [0.29, 0.717) is 12.0 Å². The summed E-state index contributed by atoms with van der Waals surface area (Å²) in [5, 5.41) is 2.28. The minimum atomic E-state index is -0.662. The standard InChI is InChI=1S/C20H22N2O5/c1-20(2,3)27-17(24)10-7-12-5-4-6-13-14(12)11-22(19(13)26)15-8-9-16(23)21-18(15)25/h4-7,10,15H,8-9,11H2,1-3H3,(H,21,23,25)/b10-7+. The predicted molar refractivity (Wildman–Crippen MR) is 97.4 cm³/mol. The maximum atomic E-state index is 12.7. The van der Waals surface area contributed by atoms with Crippen molar-refractivity contribution in [2.24, 2.45) is 0 Å². The molecule has 2 heterocycles. The molecule has 3 rings (SSSR count). The van der Waals surface area contributed by atoms with E-state index in [1.54, 1.807) is 45.0 Å². The van der Waals surface area contributed by atoms with Gasteiger partial charge < -0.3 is 9.64 Å². The molecule has 0 bridgehead atoms. The van der Waals surface area contributed by atoms with Crippen LogP contribution in [0.25, 0.3) is 6.08 Å². The second-order valence-corrected chi connectivity index (χ2v) is 7.64. The van der Waals surface area contributed by atoms with Gasteiger partial charge in [0.05, 0.1) is 0 Å². The van der Waals surface area contributed by atoms with E-state index in [1.807, 2.05) is 0 Å². The minimum absolute atomic E-state index is 0.210. The van der Waals surface area contributed by atoms with Gasteiger partial charge in [-0.1, -0.05) is 12.1 Å². The van der Waals surface area contributed by atoms with Gasteiger partial charge in [0.25, 0.3) is 5.91 Å². The molecule has 0 spiro atoms. The summed E-state index contributed by atoms with van der Waals surface area (Å²) in [6, 6.07) is 4.58. The number of nitrogens with zero attached hydrogens (tertiary/aromatic N) is 1. The molecule has 1 atom stereocenters. The first-order valence-electron chi connectivity index (χ1n) is 8.83. The van der Waals surface area contributed by atoms with Gasteiger partial charge in [-0.05, 0) is 50.5 Å². The maximum Gasteiger partial charge on any atom is 0.331 e. The van der Waals surface area contributed by atoms with Crippen LogP contribution in [0.5, 0.6) is 0 Å². The van der Waals surface area contributed by atoms with Gasteiger partial charge in [-0.25, -0.2) is 4.79 Å². The molecule has 7 heteroatoms. The van der Waals surface area contributed by atoms with Gasteiger partial charge >= 0.3 is 5.97 Å². The smallest absolute Gasteiger partial charge is 0.331 e. The zero-order chi connectivity index (χ0) is 19.8. The van der Waals surface area contributed by atoms with E-state index in [0.717, 1.165) is 11.1 Å². The average Bonchev–Trinajstić information content (AvgIpc) is 2.89. The maximum absolute atomic E-state index is 12.7. The van der Waals surface area contributed by atoms with Crippen LogP contribution in [0.4, 0.5) is 0 Å². The summed E-state index contributed by atoms with van der Waals surface area (Å²) in [5.41, 5.74) is 1.40. The van der Waals surface area contributed by atoms with Gasteiger partial charge in [0.2, 0.25) is 11.8 Å². The molecule has 3 amide bonds. The molecule has 0 saturated carbocycles. The third kappa shape index (κ3) is 4.07. The number of imide groups is 1. The van der Waals surface area contributed by atoms with Crippen molar-refractivity contribution >= 4 is 29.8 Å². The van der Waals surface area contributed by atoms with Gasteiger partial charge in [0.15, 0.2) is 0 Å². The zero-order valence-electron chi connectivity index (χ0n) is 15.6. The molecule has 27 heavy (non-hydrogen) atoms. The second-order valence-electron chi connectivity index (χ2n) is 7.64. The number of amides is 3. The lowest BCUT2D eigenvalue weighted by molar-refractivity contribution is -0.148. The summed E-state index contributed by atoms with van der Waals surface area (Å²) in [4.78, 5) is 49.6. The van der Waals surface area contributed by atoms with Crippen LogP contribution in [-0.2, 0) is 25.7 Å². The molecule has 1 fully saturated rings. The molecule has 1 aromatic rings. The van der Waals surface area contributed by atoms with Crippen molar-refractivity contribution in [3.05, 3.63) is 41.0 Å². The Balaban J connectivity index is 1.81. The fourth-order valence-corrected chi connectivity index (χ4v) is 3.26. The number of esters is 1. The third-order valence-electron chi connectivity index (χ3n) is 4.42. The van der Waals surface area contributed by atoms with Crippen molar-refractivity contribution in [3.63, 3.8) is 0 Å². The van der Waals surface area contributed by atoms with Crippen LogP contribution in [0.2, 0.25) is 0 Å². The van der Waals surface area contributed by atoms with Gasteiger partial charge in [0, 0.05) is 24.6 Å². The number of ether oxygens (including phenoxy) is 1. The van der Waals surface area contributed by atoms with Crippen molar-refractivity contribution in [2.75, 3.05) is 0 Å². The predicted octanol–water partition coefficient (Wildman–Crippen LogP) is 1.80. The van der Waals surface area contributed by atoms with Crippen molar-refractivity contribution in [1.29, 1.82) is 0 Å². The third-order valence-corrected chi connectivity index (χ3v) is 4.42. The van der Waals surface area contributed by atoms with Crippen LogP contribution < -0.4 is 5.32 Å².